The molecule has 1 heterocycles. The van der Waals surface area contributed by atoms with E-state index in [0.717, 1.165) is 5.01 Å². The minimum absolute atomic E-state index is 0.0623. The molecule has 0 aromatic heterocycles. The van der Waals surface area contributed by atoms with E-state index >= 15 is 0 Å². The number of rotatable bonds is 2. The summed E-state index contributed by atoms with van der Waals surface area (Å²) in [4.78, 5) is 24.5. The number of benzene rings is 2. The zero-order valence-electron chi connectivity index (χ0n) is 11.5. The SMILES string of the molecule is O=C1NN(c2cc(Cl)cc(Cl)c2)C(=O)/C1=C\c1ccc(F)cc1. The lowest BCUT2D eigenvalue weighted by atomic mass is 10.1. The fourth-order valence-corrected chi connectivity index (χ4v) is 2.65. The quantitative estimate of drug-likeness (QED) is 0.664. The molecular weight excluding hydrogens is 342 g/mol. The molecule has 0 saturated carbocycles. The molecule has 0 atom stereocenters. The van der Waals surface area contributed by atoms with Gasteiger partial charge < -0.3 is 0 Å². The zero-order valence-corrected chi connectivity index (χ0v) is 13.0. The number of carbonyl (C=O) groups is 2. The van der Waals surface area contributed by atoms with Gasteiger partial charge in [-0.05, 0) is 42.0 Å². The largest absolute Gasteiger partial charge is 0.282 e. The number of hydrazine groups is 1. The summed E-state index contributed by atoms with van der Waals surface area (Å²) in [5.41, 5.74) is 3.27. The molecular formula is C16H9Cl2FN2O2. The van der Waals surface area contributed by atoms with Crippen LogP contribution < -0.4 is 10.4 Å². The maximum Gasteiger partial charge on any atom is 0.282 e. The molecule has 1 N–H and O–H groups in total. The summed E-state index contributed by atoms with van der Waals surface area (Å²) in [6.07, 6.45) is 1.39. The Kier molecular flexibility index (Phi) is 4.07. The second-order valence-corrected chi connectivity index (χ2v) is 5.69. The van der Waals surface area contributed by atoms with Gasteiger partial charge >= 0.3 is 0 Å². The molecule has 2 aromatic carbocycles. The Balaban J connectivity index is 1.95. The van der Waals surface area contributed by atoms with Gasteiger partial charge in [-0.1, -0.05) is 35.3 Å². The Morgan fingerprint density at radius 1 is 1.00 bits per heavy atom. The van der Waals surface area contributed by atoms with E-state index in [4.69, 9.17) is 23.2 Å². The standard InChI is InChI=1S/C16H9Cl2FN2O2/c17-10-6-11(18)8-13(7-10)21-16(23)14(15(22)20-21)5-9-1-3-12(19)4-2-9/h1-8H,(H,20,22)/b14-5-. The lowest BCUT2D eigenvalue weighted by Crippen LogP contribution is -2.35. The van der Waals surface area contributed by atoms with Crippen LogP contribution in [-0.2, 0) is 9.59 Å². The van der Waals surface area contributed by atoms with Gasteiger partial charge in [-0.3, -0.25) is 15.0 Å². The molecule has 2 aromatic rings. The molecule has 0 radical (unpaired) electrons. The van der Waals surface area contributed by atoms with Crippen LogP contribution in [0.1, 0.15) is 5.56 Å². The summed E-state index contributed by atoms with van der Waals surface area (Å²) in [6.45, 7) is 0. The third kappa shape index (κ3) is 3.21. The van der Waals surface area contributed by atoms with E-state index in [1.165, 1.54) is 48.5 Å². The molecule has 4 nitrogen and oxygen atoms in total. The number of nitrogens with one attached hydrogen (secondary N) is 1. The van der Waals surface area contributed by atoms with Crippen molar-refractivity contribution in [2.75, 3.05) is 5.01 Å². The molecule has 1 aliphatic heterocycles. The minimum Gasteiger partial charge on any atom is -0.267 e. The fraction of sp³-hybridized carbons (Fsp3) is 0. The predicted molar refractivity (Wildman–Crippen MR) is 86.5 cm³/mol. The summed E-state index contributed by atoms with van der Waals surface area (Å²) in [7, 11) is 0. The summed E-state index contributed by atoms with van der Waals surface area (Å²) in [5.74, 6) is -1.50. The molecule has 1 saturated heterocycles. The smallest absolute Gasteiger partial charge is 0.267 e. The number of halogens is 3. The molecule has 1 aliphatic rings. The van der Waals surface area contributed by atoms with Crippen LogP contribution in [0.4, 0.5) is 10.1 Å². The molecule has 0 bridgehead atoms. The number of carbonyl (C=O) groups excluding carboxylic acids is 2. The Bertz CT molecular complexity index is 814. The van der Waals surface area contributed by atoms with Gasteiger partial charge in [0.25, 0.3) is 11.8 Å². The summed E-state index contributed by atoms with van der Waals surface area (Å²) in [5, 5.41) is 1.74. The van der Waals surface area contributed by atoms with E-state index in [-0.39, 0.29) is 5.57 Å². The highest BCUT2D eigenvalue weighted by atomic mass is 35.5. The maximum atomic E-state index is 12.9. The number of hydrogen-bond donors (Lipinski definition) is 1. The van der Waals surface area contributed by atoms with Crippen LogP contribution in [0, 0.1) is 5.82 Å². The van der Waals surface area contributed by atoms with Crippen LogP contribution in [0.25, 0.3) is 6.08 Å². The molecule has 7 heteroatoms. The first kappa shape index (κ1) is 15.5. The maximum absolute atomic E-state index is 12.9. The van der Waals surface area contributed by atoms with Crippen LogP contribution in [0.2, 0.25) is 10.0 Å². The highest BCUT2D eigenvalue weighted by Crippen LogP contribution is 2.28. The van der Waals surface area contributed by atoms with Gasteiger partial charge in [-0.2, -0.15) is 0 Å². The van der Waals surface area contributed by atoms with Crippen LogP contribution >= 0.6 is 23.2 Å². The van der Waals surface area contributed by atoms with Gasteiger partial charge in [0.1, 0.15) is 11.4 Å². The van der Waals surface area contributed by atoms with Crippen molar-refractivity contribution in [3.05, 3.63) is 69.5 Å². The van der Waals surface area contributed by atoms with Crippen molar-refractivity contribution in [2.24, 2.45) is 0 Å². The van der Waals surface area contributed by atoms with Crippen LogP contribution in [0.3, 0.4) is 0 Å². The van der Waals surface area contributed by atoms with Crippen molar-refractivity contribution in [1.29, 1.82) is 0 Å². The number of amides is 2. The molecule has 2 amide bonds. The summed E-state index contributed by atoms with van der Waals surface area (Å²) >= 11 is 11.8. The second-order valence-electron chi connectivity index (χ2n) is 4.82. The molecule has 0 unspecified atom stereocenters. The van der Waals surface area contributed by atoms with Crippen molar-refractivity contribution in [3.8, 4) is 0 Å². The molecule has 0 spiro atoms. The number of nitrogens with zero attached hydrogens (tertiary/aromatic N) is 1. The summed E-state index contributed by atoms with van der Waals surface area (Å²) in [6, 6.07) is 9.98. The Hall–Kier alpha value is -2.37. The highest BCUT2D eigenvalue weighted by Gasteiger charge is 2.34. The second kappa shape index (κ2) is 6.02. The Labute approximate surface area is 141 Å². The van der Waals surface area contributed by atoms with Crippen LogP contribution in [0.15, 0.2) is 48.0 Å². The minimum atomic E-state index is -0.560. The predicted octanol–water partition coefficient (Wildman–Crippen LogP) is 3.59. The van der Waals surface area contributed by atoms with Gasteiger partial charge in [-0.15, -0.1) is 0 Å². The van der Waals surface area contributed by atoms with Crippen LogP contribution in [0.5, 0.6) is 0 Å². The topological polar surface area (TPSA) is 49.4 Å². The van der Waals surface area contributed by atoms with E-state index < -0.39 is 17.6 Å². The van der Waals surface area contributed by atoms with Gasteiger partial charge in [0.05, 0.1) is 5.69 Å². The fourth-order valence-electron chi connectivity index (χ4n) is 2.13. The van der Waals surface area contributed by atoms with E-state index in [2.05, 4.69) is 5.43 Å². The highest BCUT2D eigenvalue weighted by molar-refractivity contribution is 6.36. The lowest BCUT2D eigenvalue weighted by molar-refractivity contribution is -0.117. The lowest BCUT2D eigenvalue weighted by Gasteiger charge is -2.15. The van der Waals surface area contributed by atoms with Crippen molar-refractivity contribution in [3.63, 3.8) is 0 Å². The van der Waals surface area contributed by atoms with Crippen molar-refractivity contribution >= 4 is 46.8 Å². The first-order valence-electron chi connectivity index (χ1n) is 6.53. The van der Waals surface area contributed by atoms with Gasteiger partial charge in [-0.25, -0.2) is 9.40 Å². The van der Waals surface area contributed by atoms with Gasteiger partial charge in [0.15, 0.2) is 0 Å². The Morgan fingerprint density at radius 2 is 1.61 bits per heavy atom. The summed E-state index contributed by atoms with van der Waals surface area (Å²) < 4.78 is 12.9. The average Bonchev–Trinajstić information content (AvgIpc) is 2.76. The number of hydrogen-bond acceptors (Lipinski definition) is 2. The van der Waals surface area contributed by atoms with E-state index in [1.54, 1.807) is 0 Å². The van der Waals surface area contributed by atoms with Gasteiger partial charge in [0.2, 0.25) is 0 Å². The third-order valence-corrected chi connectivity index (χ3v) is 3.61. The van der Waals surface area contributed by atoms with Crippen molar-refractivity contribution in [2.45, 2.75) is 0 Å². The molecule has 3 rings (SSSR count). The Morgan fingerprint density at radius 3 is 2.22 bits per heavy atom. The van der Waals surface area contributed by atoms with Crippen LogP contribution in [-0.4, -0.2) is 11.8 Å². The normalized spacial score (nSPS) is 16.1. The van der Waals surface area contributed by atoms with Gasteiger partial charge in [0, 0.05) is 10.0 Å². The first-order valence-corrected chi connectivity index (χ1v) is 7.28. The zero-order chi connectivity index (χ0) is 16.6. The number of anilines is 1. The van der Waals surface area contributed by atoms with Crippen molar-refractivity contribution < 1.29 is 14.0 Å². The molecule has 116 valence electrons. The molecule has 1 fully saturated rings. The third-order valence-electron chi connectivity index (χ3n) is 3.18. The first-order chi connectivity index (χ1) is 10.9. The van der Waals surface area contributed by atoms with E-state index in [0.29, 0.717) is 21.3 Å². The van der Waals surface area contributed by atoms with E-state index in [1.807, 2.05) is 0 Å². The average molecular weight is 351 g/mol. The van der Waals surface area contributed by atoms with E-state index in [9.17, 15) is 14.0 Å². The monoisotopic (exact) mass is 350 g/mol. The molecule has 0 aliphatic carbocycles. The van der Waals surface area contributed by atoms with Crippen molar-refractivity contribution in [1.82, 2.24) is 5.43 Å². The molecule has 23 heavy (non-hydrogen) atoms.